The average Bonchev–Trinajstić information content (AvgIpc) is 2.09. The average molecular weight is 228 g/mol. The van der Waals surface area contributed by atoms with E-state index in [0.717, 1.165) is 17.3 Å². The molecule has 1 nitrogen and oxygen atoms in total. The van der Waals surface area contributed by atoms with Crippen LogP contribution in [0.15, 0.2) is 18.3 Å². The Hall–Kier alpha value is -0.880. The molecule has 0 saturated heterocycles. The van der Waals surface area contributed by atoms with Gasteiger partial charge in [0.25, 0.3) is 0 Å². The normalized spacial score (nSPS) is 8.83. The Labute approximate surface area is 79.1 Å². The molecule has 0 aliphatic rings. The highest BCUT2D eigenvalue weighted by molar-refractivity contribution is 9.09. The van der Waals surface area contributed by atoms with Gasteiger partial charge in [0.1, 0.15) is 0 Å². The van der Waals surface area contributed by atoms with Gasteiger partial charge in [0, 0.05) is 23.5 Å². The third-order valence-electron chi connectivity index (χ3n) is 1.18. The van der Waals surface area contributed by atoms with Crippen LogP contribution in [0.1, 0.15) is 12.0 Å². The number of halogens is 2. The summed E-state index contributed by atoms with van der Waals surface area (Å²) in [6, 6.07) is 2.92. The standard InChI is InChI=1S/C9H7BrFN/c10-6-2-1-3-8-4-5-9(11)12-7-8/h4-5,7H,2,6H2. The van der Waals surface area contributed by atoms with Crippen LogP contribution in [-0.2, 0) is 0 Å². The van der Waals surface area contributed by atoms with Crippen molar-refractivity contribution in [2.45, 2.75) is 6.42 Å². The molecular weight excluding hydrogens is 221 g/mol. The van der Waals surface area contributed by atoms with Crippen molar-refractivity contribution in [3.63, 3.8) is 0 Å². The molecule has 1 rings (SSSR count). The van der Waals surface area contributed by atoms with Crippen LogP contribution in [0, 0.1) is 17.8 Å². The molecule has 1 aromatic rings. The highest BCUT2D eigenvalue weighted by Gasteiger charge is 1.88. The highest BCUT2D eigenvalue weighted by Crippen LogP contribution is 1.96. The molecule has 0 amide bonds. The predicted molar refractivity (Wildman–Crippen MR) is 49.5 cm³/mol. The van der Waals surface area contributed by atoms with Crippen molar-refractivity contribution < 1.29 is 4.39 Å². The Kier molecular flexibility index (Phi) is 3.75. The number of nitrogens with zero attached hydrogens (tertiary/aromatic N) is 1. The molecular formula is C9H7BrFN. The lowest BCUT2D eigenvalue weighted by molar-refractivity contribution is 0.583. The summed E-state index contributed by atoms with van der Waals surface area (Å²) in [7, 11) is 0. The zero-order valence-corrected chi connectivity index (χ0v) is 7.94. The first kappa shape index (κ1) is 9.21. The fourth-order valence-corrected chi connectivity index (χ4v) is 0.860. The maximum absolute atomic E-state index is 12.3. The van der Waals surface area contributed by atoms with E-state index in [1.54, 1.807) is 6.07 Å². The zero-order chi connectivity index (χ0) is 8.81. The molecule has 3 heteroatoms. The van der Waals surface area contributed by atoms with Crippen molar-refractivity contribution in [2.24, 2.45) is 0 Å². The van der Waals surface area contributed by atoms with Crippen LogP contribution in [0.25, 0.3) is 0 Å². The van der Waals surface area contributed by atoms with Crippen molar-refractivity contribution in [3.8, 4) is 11.8 Å². The first-order valence-corrected chi connectivity index (χ1v) is 4.61. The monoisotopic (exact) mass is 227 g/mol. The molecule has 0 atom stereocenters. The van der Waals surface area contributed by atoms with Gasteiger partial charge in [0.05, 0.1) is 0 Å². The summed E-state index contributed by atoms with van der Waals surface area (Å²) in [4.78, 5) is 3.48. The molecule has 0 saturated carbocycles. The molecule has 0 bridgehead atoms. The Balaban J connectivity index is 2.66. The predicted octanol–water partition coefficient (Wildman–Crippen LogP) is 2.36. The Morgan fingerprint density at radius 1 is 1.50 bits per heavy atom. The fourth-order valence-electron chi connectivity index (χ4n) is 0.662. The Bertz CT molecular complexity index is 297. The molecule has 1 heterocycles. The molecule has 0 fully saturated rings. The van der Waals surface area contributed by atoms with E-state index in [-0.39, 0.29) is 0 Å². The van der Waals surface area contributed by atoms with E-state index < -0.39 is 5.95 Å². The van der Waals surface area contributed by atoms with Crippen LogP contribution in [-0.4, -0.2) is 10.3 Å². The fraction of sp³-hybridized carbons (Fsp3) is 0.222. The maximum Gasteiger partial charge on any atom is 0.212 e. The van der Waals surface area contributed by atoms with Gasteiger partial charge < -0.3 is 0 Å². The van der Waals surface area contributed by atoms with E-state index in [1.165, 1.54) is 12.3 Å². The minimum absolute atomic E-state index is 0.471. The van der Waals surface area contributed by atoms with Gasteiger partial charge in [-0.25, -0.2) is 4.98 Å². The van der Waals surface area contributed by atoms with Gasteiger partial charge in [-0.1, -0.05) is 27.8 Å². The summed E-state index contributed by atoms with van der Waals surface area (Å²) in [5.41, 5.74) is 0.748. The second kappa shape index (κ2) is 4.89. The van der Waals surface area contributed by atoms with Gasteiger partial charge in [-0.15, -0.1) is 0 Å². The van der Waals surface area contributed by atoms with Crippen LogP contribution in [0.2, 0.25) is 0 Å². The van der Waals surface area contributed by atoms with E-state index in [9.17, 15) is 4.39 Å². The first-order chi connectivity index (χ1) is 5.83. The third kappa shape index (κ3) is 3.02. The van der Waals surface area contributed by atoms with Gasteiger partial charge in [-0.3, -0.25) is 0 Å². The summed E-state index contributed by atoms with van der Waals surface area (Å²) in [6.07, 6.45) is 2.22. The molecule has 12 heavy (non-hydrogen) atoms. The van der Waals surface area contributed by atoms with Crippen molar-refractivity contribution in [1.82, 2.24) is 4.98 Å². The molecule has 0 unspecified atom stereocenters. The molecule has 0 aliphatic carbocycles. The molecule has 0 spiro atoms. The summed E-state index contributed by atoms with van der Waals surface area (Å²) >= 11 is 3.26. The molecule has 0 radical (unpaired) electrons. The van der Waals surface area contributed by atoms with Crippen LogP contribution in [0.3, 0.4) is 0 Å². The van der Waals surface area contributed by atoms with Gasteiger partial charge in [-0.2, -0.15) is 4.39 Å². The number of hydrogen-bond acceptors (Lipinski definition) is 1. The highest BCUT2D eigenvalue weighted by atomic mass is 79.9. The van der Waals surface area contributed by atoms with E-state index in [1.807, 2.05) is 0 Å². The van der Waals surface area contributed by atoms with Gasteiger partial charge in [0.2, 0.25) is 5.95 Å². The topological polar surface area (TPSA) is 12.9 Å². The molecule has 62 valence electrons. The second-order valence-corrected chi connectivity index (χ2v) is 2.90. The van der Waals surface area contributed by atoms with Gasteiger partial charge >= 0.3 is 0 Å². The van der Waals surface area contributed by atoms with E-state index in [4.69, 9.17) is 0 Å². The van der Waals surface area contributed by atoms with Gasteiger partial charge in [0.15, 0.2) is 0 Å². The van der Waals surface area contributed by atoms with Crippen LogP contribution < -0.4 is 0 Å². The number of pyridine rings is 1. The molecule has 0 N–H and O–H groups in total. The van der Waals surface area contributed by atoms with Crippen molar-refractivity contribution in [2.75, 3.05) is 5.33 Å². The molecule has 0 aromatic carbocycles. The minimum atomic E-state index is -0.471. The second-order valence-electron chi connectivity index (χ2n) is 2.11. The van der Waals surface area contributed by atoms with Crippen LogP contribution >= 0.6 is 15.9 Å². The SMILES string of the molecule is Fc1ccc(C#CCCBr)cn1. The quantitative estimate of drug-likeness (QED) is 0.408. The summed E-state index contributed by atoms with van der Waals surface area (Å²) in [5.74, 6) is 5.30. The first-order valence-electron chi connectivity index (χ1n) is 3.49. The number of aromatic nitrogens is 1. The summed E-state index contributed by atoms with van der Waals surface area (Å²) in [6.45, 7) is 0. The Morgan fingerprint density at radius 2 is 2.33 bits per heavy atom. The summed E-state index contributed by atoms with van der Waals surface area (Å²) in [5, 5.41) is 0.856. The van der Waals surface area contributed by atoms with E-state index >= 15 is 0 Å². The van der Waals surface area contributed by atoms with Crippen molar-refractivity contribution in [1.29, 1.82) is 0 Å². The molecule has 1 aromatic heterocycles. The minimum Gasteiger partial charge on any atom is -0.227 e. The third-order valence-corrected chi connectivity index (χ3v) is 1.58. The lowest BCUT2D eigenvalue weighted by atomic mass is 10.3. The van der Waals surface area contributed by atoms with Crippen LogP contribution in [0.4, 0.5) is 4.39 Å². The smallest absolute Gasteiger partial charge is 0.212 e. The lowest BCUT2D eigenvalue weighted by Crippen LogP contribution is -1.82. The van der Waals surface area contributed by atoms with Gasteiger partial charge in [-0.05, 0) is 12.1 Å². The van der Waals surface area contributed by atoms with Crippen molar-refractivity contribution >= 4 is 15.9 Å². The van der Waals surface area contributed by atoms with E-state index in [0.29, 0.717) is 0 Å². The number of alkyl halides is 1. The largest absolute Gasteiger partial charge is 0.227 e. The Morgan fingerprint density at radius 3 is 2.92 bits per heavy atom. The van der Waals surface area contributed by atoms with Crippen molar-refractivity contribution in [3.05, 3.63) is 29.8 Å². The number of hydrogen-bond donors (Lipinski definition) is 0. The van der Waals surface area contributed by atoms with E-state index in [2.05, 4.69) is 32.8 Å². The molecule has 0 aliphatic heterocycles. The van der Waals surface area contributed by atoms with Crippen LogP contribution in [0.5, 0.6) is 0 Å². The summed E-state index contributed by atoms with van der Waals surface area (Å²) < 4.78 is 12.3. The lowest BCUT2D eigenvalue weighted by Gasteiger charge is -1.87. The number of rotatable bonds is 1. The maximum atomic E-state index is 12.3. The zero-order valence-electron chi connectivity index (χ0n) is 6.35.